The van der Waals surface area contributed by atoms with E-state index in [1.807, 2.05) is 20.8 Å². The first-order chi connectivity index (χ1) is 15.1. The summed E-state index contributed by atoms with van der Waals surface area (Å²) < 4.78 is 34.5. The molecule has 32 heavy (non-hydrogen) atoms. The van der Waals surface area contributed by atoms with Gasteiger partial charge in [-0.2, -0.15) is 0 Å². The summed E-state index contributed by atoms with van der Waals surface area (Å²) in [4.78, 5) is 19.5. The zero-order chi connectivity index (χ0) is 23.4. The van der Waals surface area contributed by atoms with Crippen LogP contribution in [-0.4, -0.2) is 29.5 Å². The number of hydrogen-bond acceptors (Lipinski definition) is 9. The molecule has 3 aromatic rings. The number of carbonyl (C=O) groups is 1. The van der Waals surface area contributed by atoms with Crippen molar-refractivity contribution in [1.82, 2.24) is 15.4 Å². The van der Waals surface area contributed by atoms with E-state index in [1.165, 1.54) is 46.8 Å². The van der Waals surface area contributed by atoms with Crippen molar-refractivity contribution < 1.29 is 22.8 Å². The molecule has 3 N–H and O–H groups in total. The third kappa shape index (κ3) is 6.42. The zero-order valence-electron chi connectivity index (χ0n) is 17.5. The maximum atomic E-state index is 12.7. The molecule has 0 radical (unpaired) electrons. The number of carbonyl (C=O) groups excluding carboxylic acids is 1. The van der Waals surface area contributed by atoms with Gasteiger partial charge in [0.15, 0.2) is 5.13 Å². The summed E-state index contributed by atoms with van der Waals surface area (Å²) >= 11 is 2.66. The third-order valence-electron chi connectivity index (χ3n) is 4.04. The summed E-state index contributed by atoms with van der Waals surface area (Å²) in [6.07, 6.45) is 5.79. The van der Waals surface area contributed by atoms with Crippen molar-refractivity contribution in [3.63, 3.8) is 0 Å². The van der Waals surface area contributed by atoms with Crippen LogP contribution in [0.5, 0.6) is 0 Å². The molecule has 0 aliphatic rings. The monoisotopic (exact) mass is 494 g/mol. The number of nitrogens with one attached hydrogen (secondary N) is 2. The fraction of sp³-hybridized carbons (Fsp3) is 0.250. The highest BCUT2D eigenvalue weighted by molar-refractivity contribution is 8.00. The van der Waals surface area contributed by atoms with E-state index < -0.39 is 15.9 Å². The Balaban J connectivity index is 1.65. The van der Waals surface area contributed by atoms with E-state index in [2.05, 4.69) is 14.7 Å². The minimum atomic E-state index is -3.87. The van der Waals surface area contributed by atoms with Gasteiger partial charge in [-0.1, -0.05) is 44.2 Å². The molecule has 9 nitrogen and oxygen atoms in total. The van der Waals surface area contributed by atoms with Gasteiger partial charge < -0.3 is 4.42 Å². The lowest BCUT2D eigenvalue weighted by Crippen LogP contribution is -2.15. The van der Waals surface area contributed by atoms with Crippen molar-refractivity contribution in [3.05, 3.63) is 59.9 Å². The SMILES string of the molecule is CC(C)(C)c1cnc(CSc2cnc(NS(=O)(=O)c3cccc(/C=C/C(=O)NO)c3)s2)o1. The van der Waals surface area contributed by atoms with Crippen LogP contribution in [0.2, 0.25) is 0 Å². The average molecular weight is 495 g/mol. The van der Waals surface area contributed by atoms with Crippen LogP contribution >= 0.6 is 23.1 Å². The molecule has 170 valence electrons. The lowest BCUT2D eigenvalue weighted by atomic mass is 9.94. The number of amides is 1. The Kier molecular flexibility index (Phi) is 7.39. The van der Waals surface area contributed by atoms with Crippen molar-refractivity contribution in [2.75, 3.05) is 4.72 Å². The topological polar surface area (TPSA) is 134 Å². The van der Waals surface area contributed by atoms with Gasteiger partial charge >= 0.3 is 0 Å². The van der Waals surface area contributed by atoms with Crippen molar-refractivity contribution in [2.24, 2.45) is 0 Å². The molecule has 0 aliphatic heterocycles. The molecule has 2 heterocycles. The summed E-state index contributed by atoms with van der Waals surface area (Å²) in [5, 5.41) is 8.76. The molecule has 0 bridgehead atoms. The molecule has 1 amide bonds. The molecule has 0 unspecified atom stereocenters. The van der Waals surface area contributed by atoms with Crippen LogP contribution < -0.4 is 10.2 Å². The minimum Gasteiger partial charge on any atom is -0.444 e. The van der Waals surface area contributed by atoms with Crippen LogP contribution in [-0.2, 0) is 26.0 Å². The van der Waals surface area contributed by atoms with E-state index in [9.17, 15) is 13.2 Å². The van der Waals surface area contributed by atoms with E-state index >= 15 is 0 Å². The fourth-order valence-corrected chi connectivity index (χ4v) is 5.42. The highest BCUT2D eigenvalue weighted by Gasteiger charge is 2.20. The minimum absolute atomic E-state index is 0.0166. The summed E-state index contributed by atoms with van der Waals surface area (Å²) in [6, 6.07) is 6.02. The second-order valence-corrected chi connectivity index (χ2v) is 11.6. The molecule has 0 aliphatic carbocycles. The van der Waals surface area contributed by atoms with Gasteiger partial charge in [-0.15, -0.1) is 11.8 Å². The van der Waals surface area contributed by atoms with E-state index in [0.29, 0.717) is 17.2 Å². The standard InChI is InChI=1S/C20H22N4O5S3/c1-20(2,3)15-10-21-17(29-15)12-30-18-11-22-19(31-18)24-32(27,28)14-6-4-5-13(9-14)7-8-16(25)23-26/h4-11,26H,12H2,1-3H3,(H,22,24)(H,23,25)/b8-7+. The Morgan fingerprint density at radius 3 is 2.75 bits per heavy atom. The first-order valence-electron chi connectivity index (χ1n) is 9.36. The number of nitrogens with zero attached hydrogens (tertiary/aromatic N) is 2. The predicted molar refractivity (Wildman–Crippen MR) is 123 cm³/mol. The van der Waals surface area contributed by atoms with E-state index in [1.54, 1.807) is 24.5 Å². The molecule has 0 spiro atoms. The molecule has 0 saturated carbocycles. The van der Waals surface area contributed by atoms with Crippen LogP contribution in [0.15, 0.2) is 56.3 Å². The lowest BCUT2D eigenvalue weighted by Gasteiger charge is -2.12. The molecular weight excluding hydrogens is 472 g/mol. The maximum Gasteiger partial charge on any atom is 0.267 e. The Morgan fingerprint density at radius 2 is 2.06 bits per heavy atom. The second kappa shape index (κ2) is 9.86. The molecule has 0 atom stereocenters. The number of rotatable bonds is 8. The Hall–Kier alpha value is -2.67. The van der Waals surface area contributed by atoms with Gasteiger partial charge in [-0.05, 0) is 23.8 Å². The van der Waals surface area contributed by atoms with Crippen molar-refractivity contribution in [2.45, 2.75) is 41.0 Å². The normalized spacial score (nSPS) is 12.2. The van der Waals surface area contributed by atoms with Gasteiger partial charge in [0.05, 0.1) is 27.3 Å². The largest absolute Gasteiger partial charge is 0.444 e. The quantitative estimate of drug-likeness (QED) is 0.185. The molecule has 2 aromatic heterocycles. The second-order valence-electron chi connectivity index (χ2n) is 7.63. The lowest BCUT2D eigenvalue weighted by molar-refractivity contribution is -0.124. The van der Waals surface area contributed by atoms with Crippen LogP contribution in [0.4, 0.5) is 5.13 Å². The van der Waals surface area contributed by atoms with Crippen molar-refractivity contribution >= 4 is 50.2 Å². The number of aromatic nitrogens is 2. The molecule has 1 aromatic carbocycles. The third-order valence-corrected chi connectivity index (χ3v) is 7.60. The van der Waals surface area contributed by atoms with Crippen LogP contribution in [0.25, 0.3) is 6.08 Å². The number of hydroxylamine groups is 1. The van der Waals surface area contributed by atoms with E-state index in [0.717, 1.165) is 16.0 Å². The number of thioether (sulfide) groups is 1. The Morgan fingerprint density at radius 1 is 1.28 bits per heavy atom. The molecule has 0 saturated heterocycles. The van der Waals surface area contributed by atoms with Crippen molar-refractivity contribution in [1.29, 1.82) is 0 Å². The van der Waals surface area contributed by atoms with Gasteiger partial charge in [0.2, 0.25) is 5.89 Å². The summed E-state index contributed by atoms with van der Waals surface area (Å²) in [6.45, 7) is 6.14. The number of oxazole rings is 1. The first kappa shape index (κ1) is 24.0. The molecular formula is C20H22N4O5S3. The number of anilines is 1. The highest BCUT2D eigenvalue weighted by atomic mass is 32.2. The zero-order valence-corrected chi connectivity index (χ0v) is 20.0. The number of thiazole rings is 1. The average Bonchev–Trinajstić information content (AvgIpc) is 3.39. The van der Waals surface area contributed by atoms with Gasteiger partial charge in [0.1, 0.15) is 5.76 Å². The summed E-state index contributed by atoms with van der Waals surface area (Å²) in [5.41, 5.74) is 1.83. The van der Waals surface area contributed by atoms with Crippen LogP contribution in [0, 0.1) is 0 Å². The van der Waals surface area contributed by atoms with Gasteiger partial charge in [-0.25, -0.2) is 23.9 Å². The number of sulfonamides is 1. The van der Waals surface area contributed by atoms with E-state index in [4.69, 9.17) is 9.62 Å². The van der Waals surface area contributed by atoms with Crippen LogP contribution in [0.1, 0.15) is 38.0 Å². The fourth-order valence-electron chi connectivity index (χ4n) is 2.40. The molecule has 0 fully saturated rings. The number of benzene rings is 1. The first-order valence-corrected chi connectivity index (χ1v) is 12.6. The summed E-state index contributed by atoms with van der Waals surface area (Å²) in [7, 11) is -3.87. The van der Waals surface area contributed by atoms with Crippen molar-refractivity contribution in [3.8, 4) is 0 Å². The Labute approximate surface area is 194 Å². The maximum absolute atomic E-state index is 12.7. The molecule has 3 rings (SSSR count). The number of hydrogen-bond donors (Lipinski definition) is 3. The van der Waals surface area contributed by atoms with E-state index in [-0.39, 0.29) is 15.4 Å². The van der Waals surface area contributed by atoms with Gasteiger partial charge in [0, 0.05) is 11.5 Å². The molecule has 12 heteroatoms. The predicted octanol–water partition coefficient (Wildman–Crippen LogP) is 4.04. The highest BCUT2D eigenvalue weighted by Crippen LogP contribution is 2.32. The van der Waals surface area contributed by atoms with Crippen LogP contribution in [0.3, 0.4) is 0 Å². The van der Waals surface area contributed by atoms with Gasteiger partial charge in [-0.3, -0.25) is 14.7 Å². The Bertz CT molecular complexity index is 1230. The summed E-state index contributed by atoms with van der Waals surface area (Å²) in [5.74, 6) is 1.18. The smallest absolute Gasteiger partial charge is 0.267 e. The van der Waals surface area contributed by atoms with Gasteiger partial charge in [0.25, 0.3) is 15.9 Å².